The lowest BCUT2D eigenvalue weighted by Gasteiger charge is -2.25. The zero-order chi connectivity index (χ0) is 27.3. The lowest BCUT2D eigenvalue weighted by Crippen LogP contribution is -2.39. The van der Waals surface area contributed by atoms with Crippen LogP contribution in [0.1, 0.15) is 16.8 Å². The zero-order valence-electron chi connectivity index (χ0n) is 21.0. The van der Waals surface area contributed by atoms with Crippen LogP contribution in [0.4, 0.5) is 5.69 Å². The molecule has 1 amide bonds. The number of hydrogen-bond acceptors (Lipinski definition) is 6. The molecule has 0 spiro atoms. The van der Waals surface area contributed by atoms with Crippen LogP contribution in [0.3, 0.4) is 0 Å². The minimum absolute atomic E-state index is 0.0376. The van der Waals surface area contributed by atoms with Gasteiger partial charge in [0, 0.05) is 0 Å². The number of carbonyl (C=O) groups is 1. The molecule has 9 nitrogen and oxygen atoms in total. The molecule has 196 valence electrons. The molecule has 1 N–H and O–H groups in total. The van der Waals surface area contributed by atoms with Crippen LogP contribution in [-0.2, 0) is 14.8 Å². The van der Waals surface area contributed by atoms with Gasteiger partial charge in [0.2, 0.25) is 0 Å². The molecular weight excluding hydrogens is 526 g/mol. The Morgan fingerprint density at radius 1 is 1.08 bits per heavy atom. The summed E-state index contributed by atoms with van der Waals surface area (Å²) in [4.78, 5) is 13.0. The van der Waals surface area contributed by atoms with E-state index in [1.54, 1.807) is 41.1 Å². The lowest BCUT2D eigenvalue weighted by molar-refractivity contribution is -0.119. The third-order valence-electron chi connectivity index (χ3n) is 5.72. The monoisotopic (exact) mass is 551 g/mol. The van der Waals surface area contributed by atoms with Crippen LogP contribution in [0.5, 0.6) is 5.75 Å². The summed E-state index contributed by atoms with van der Waals surface area (Å²) in [5.74, 6) is -0.351. The van der Waals surface area contributed by atoms with Gasteiger partial charge >= 0.3 is 0 Å². The Morgan fingerprint density at radius 2 is 1.74 bits per heavy atom. The number of nitrogens with zero attached hydrogens (tertiary/aromatic N) is 4. The molecule has 1 heterocycles. The van der Waals surface area contributed by atoms with E-state index in [1.807, 2.05) is 44.2 Å². The van der Waals surface area contributed by atoms with E-state index < -0.39 is 22.5 Å². The van der Waals surface area contributed by atoms with E-state index in [0.29, 0.717) is 11.3 Å². The van der Waals surface area contributed by atoms with Crippen LogP contribution in [0.2, 0.25) is 5.15 Å². The number of nitrogens with one attached hydrogen (secondary N) is 1. The minimum Gasteiger partial charge on any atom is -0.495 e. The number of halogens is 1. The molecule has 0 aliphatic carbocycles. The standard InChI is InChI=1S/C27H26ClN5O4S/c1-19-14-15-25(37-3)24(16-19)32(38(35,36)22-12-8-5-9-13-22)18-26(34)30-29-17-23-20(2)33(31-27(23)28)21-10-6-4-7-11-21/h4-17H,18H2,1-3H3,(H,30,34)/b29-17-. The molecule has 0 unspecified atom stereocenters. The Balaban J connectivity index is 1.60. The first-order valence-electron chi connectivity index (χ1n) is 11.6. The highest BCUT2D eigenvalue weighted by molar-refractivity contribution is 7.92. The van der Waals surface area contributed by atoms with E-state index in [9.17, 15) is 13.2 Å². The van der Waals surface area contributed by atoms with Gasteiger partial charge in [0.05, 0.1) is 40.9 Å². The molecule has 4 aromatic rings. The third-order valence-corrected chi connectivity index (χ3v) is 7.78. The van der Waals surface area contributed by atoms with Crippen LogP contribution in [-0.4, -0.2) is 44.0 Å². The number of aryl methyl sites for hydroxylation is 1. The molecule has 0 fully saturated rings. The molecule has 0 saturated heterocycles. The van der Waals surface area contributed by atoms with Crippen LogP contribution in [0.15, 0.2) is 88.9 Å². The van der Waals surface area contributed by atoms with Crippen molar-refractivity contribution in [2.75, 3.05) is 18.0 Å². The Labute approximate surface area is 226 Å². The number of sulfonamides is 1. The van der Waals surface area contributed by atoms with E-state index >= 15 is 0 Å². The van der Waals surface area contributed by atoms with Gasteiger partial charge < -0.3 is 4.74 Å². The number of ether oxygens (including phenoxy) is 1. The number of aromatic nitrogens is 2. The molecule has 0 bridgehead atoms. The molecule has 1 aromatic heterocycles. The number of carbonyl (C=O) groups excluding carboxylic acids is 1. The quantitative estimate of drug-likeness (QED) is 0.243. The Kier molecular flexibility index (Phi) is 8.13. The molecular formula is C27H26ClN5O4S. The second kappa shape index (κ2) is 11.5. The number of anilines is 1. The summed E-state index contributed by atoms with van der Waals surface area (Å²) in [7, 11) is -2.67. The Hall–Kier alpha value is -4.15. The predicted octanol–water partition coefficient (Wildman–Crippen LogP) is 4.50. The number of amides is 1. The van der Waals surface area contributed by atoms with E-state index in [2.05, 4.69) is 15.6 Å². The molecule has 0 aliphatic heterocycles. The number of hydrogen-bond donors (Lipinski definition) is 1. The van der Waals surface area contributed by atoms with Crippen molar-refractivity contribution in [2.24, 2.45) is 5.10 Å². The summed E-state index contributed by atoms with van der Waals surface area (Å²) in [5.41, 5.74) is 5.49. The largest absolute Gasteiger partial charge is 0.495 e. The molecule has 3 aromatic carbocycles. The molecule has 0 aliphatic rings. The smallest absolute Gasteiger partial charge is 0.264 e. The first kappa shape index (κ1) is 26.9. The van der Waals surface area contributed by atoms with Crippen LogP contribution in [0, 0.1) is 13.8 Å². The maximum absolute atomic E-state index is 13.6. The van der Waals surface area contributed by atoms with Gasteiger partial charge in [-0.05, 0) is 55.8 Å². The highest BCUT2D eigenvalue weighted by Crippen LogP contribution is 2.33. The summed E-state index contributed by atoms with van der Waals surface area (Å²) < 4.78 is 35.3. The first-order valence-corrected chi connectivity index (χ1v) is 13.4. The van der Waals surface area contributed by atoms with Gasteiger partial charge in [-0.15, -0.1) is 0 Å². The number of methoxy groups -OCH3 is 1. The summed E-state index contributed by atoms with van der Waals surface area (Å²) in [6.07, 6.45) is 1.38. The van der Waals surface area contributed by atoms with Gasteiger partial charge in [0.25, 0.3) is 15.9 Å². The summed E-state index contributed by atoms with van der Waals surface area (Å²) in [6.45, 7) is 3.11. The molecule has 0 radical (unpaired) electrons. The second-order valence-corrected chi connectivity index (χ2v) is 10.6. The van der Waals surface area contributed by atoms with Crippen LogP contribution < -0.4 is 14.5 Å². The van der Waals surface area contributed by atoms with Gasteiger partial charge in [-0.25, -0.2) is 18.5 Å². The van der Waals surface area contributed by atoms with Crippen molar-refractivity contribution < 1.29 is 17.9 Å². The van der Waals surface area contributed by atoms with Crippen molar-refractivity contribution in [3.63, 3.8) is 0 Å². The van der Waals surface area contributed by atoms with E-state index in [1.165, 1.54) is 25.5 Å². The van der Waals surface area contributed by atoms with E-state index in [-0.39, 0.29) is 15.7 Å². The molecule has 11 heteroatoms. The van der Waals surface area contributed by atoms with Crippen LogP contribution >= 0.6 is 11.6 Å². The van der Waals surface area contributed by atoms with Crippen molar-refractivity contribution in [3.05, 3.63) is 101 Å². The number of rotatable bonds is 9. The zero-order valence-corrected chi connectivity index (χ0v) is 22.6. The van der Waals surface area contributed by atoms with Gasteiger partial charge in [0.15, 0.2) is 5.15 Å². The highest BCUT2D eigenvalue weighted by atomic mass is 35.5. The van der Waals surface area contributed by atoms with Crippen molar-refractivity contribution in [1.29, 1.82) is 0 Å². The fourth-order valence-electron chi connectivity index (χ4n) is 3.80. The number of para-hydroxylation sites is 1. The van der Waals surface area contributed by atoms with E-state index in [4.69, 9.17) is 16.3 Å². The van der Waals surface area contributed by atoms with Crippen molar-refractivity contribution >= 4 is 39.4 Å². The van der Waals surface area contributed by atoms with Gasteiger partial charge in [-0.1, -0.05) is 54.1 Å². The topological polar surface area (TPSA) is 106 Å². The number of hydrazone groups is 1. The van der Waals surface area contributed by atoms with Crippen LogP contribution in [0.25, 0.3) is 5.69 Å². The summed E-state index contributed by atoms with van der Waals surface area (Å²) in [5, 5.41) is 8.56. The fraction of sp³-hybridized carbons (Fsp3) is 0.148. The summed E-state index contributed by atoms with van der Waals surface area (Å²) in [6, 6.07) is 22.4. The lowest BCUT2D eigenvalue weighted by atomic mass is 10.2. The van der Waals surface area contributed by atoms with Gasteiger partial charge in [-0.3, -0.25) is 9.10 Å². The summed E-state index contributed by atoms with van der Waals surface area (Å²) >= 11 is 6.32. The van der Waals surface area contributed by atoms with Crippen molar-refractivity contribution in [1.82, 2.24) is 15.2 Å². The Morgan fingerprint density at radius 3 is 2.39 bits per heavy atom. The third kappa shape index (κ3) is 5.71. The predicted molar refractivity (Wildman–Crippen MR) is 148 cm³/mol. The minimum atomic E-state index is -4.11. The van der Waals surface area contributed by atoms with Gasteiger partial charge in [-0.2, -0.15) is 10.2 Å². The normalized spacial score (nSPS) is 11.5. The maximum Gasteiger partial charge on any atom is 0.264 e. The average Bonchev–Trinajstić information content (AvgIpc) is 3.21. The number of benzene rings is 3. The van der Waals surface area contributed by atoms with E-state index in [0.717, 1.165) is 21.2 Å². The maximum atomic E-state index is 13.6. The van der Waals surface area contributed by atoms with Crippen molar-refractivity contribution in [3.8, 4) is 11.4 Å². The second-order valence-electron chi connectivity index (χ2n) is 8.33. The molecule has 4 rings (SSSR count). The molecule has 0 saturated carbocycles. The van der Waals surface area contributed by atoms with Crippen molar-refractivity contribution in [2.45, 2.75) is 18.7 Å². The molecule has 38 heavy (non-hydrogen) atoms. The average molecular weight is 552 g/mol. The SMILES string of the molecule is COc1ccc(C)cc1N(CC(=O)N/N=C\c1c(Cl)nn(-c2ccccc2)c1C)S(=O)(=O)c1ccccc1. The fourth-order valence-corrected chi connectivity index (χ4v) is 5.50. The molecule has 0 atom stereocenters. The highest BCUT2D eigenvalue weighted by Gasteiger charge is 2.29. The first-order chi connectivity index (χ1) is 18.2. The van der Waals surface area contributed by atoms with Gasteiger partial charge in [0.1, 0.15) is 12.3 Å². The Bertz CT molecular complexity index is 1570.